The number of nitrogens with zero attached hydrogens (tertiary/aromatic N) is 2. The summed E-state index contributed by atoms with van der Waals surface area (Å²) in [6.45, 7) is 0.539. The number of hydrogen-bond donors (Lipinski definition) is 1. The first-order valence-corrected chi connectivity index (χ1v) is 5.66. The Bertz CT molecular complexity index is 481. The van der Waals surface area contributed by atoms with E-state index in [1.807, 2.05) is 0 Å². The van der Waals surface area contributed by atoms with Crippen LogP contribution in [-0.4, -0.2) is 18.5 Å². The van der Waals surface area contributed by atoms with Crippen molar-refractivity contribution in [3.63, 3.8) is 0 Å². The summed E-state index contributed by atoms with van der Waals surface area (Å²) in [7, 11) is 0. The first kappa shape index (κ1) is 11.1. The molecular weight excluding hydrogens is 270 g/mol. The van der Waals surface area contributed by atoms with Crippen LogP contribution < -0.4 is 10.6 Å². The lowest BCUT2D eigenvalue weighted by atomic mass is 10.2. The molecule has 4 nitrogen and oxygen atoms in total. The summed E-state index contributed by atoms with van der Waals surface area (Å²) in [6, 6.07) is 7.19. The first-order valence-electron chi connectivity index (χ1n) is 4.87. The average Bonchev–Trinajstić information content (AvgIpc) is 2.58. The number of anilines is 1. The molecule has 2 rings (SSSR count). The number of halogens is 1. The van der Waals surface area contributed by atoms with Crippen LogP contribution in [0.5, 0.6) is 0 Å². The summed E-state index contributed by atoms with van der Waals surface area (Å²) < 4.78 is 0.695. The first-order chi connectivity index (χ1) is 7.61. The minimum absolute atomic E-state index is 0.0316. The minimum atomic E-state index is -0.0954. The maximum absolute atomic E-state index is 11.6. The van der Waals surface area contributed by atoms with E-state index in [0.717, 1.165) is 5.69 Å². The van der Waals surface area contributed by atoms with Crippen LogP contribution in [0.3, 0.4) is 0 Å². The lowest BCUT2D eigenvalue weighted by Crippen LogP contribution is -2.27. The SMILES string of the molecule is N#Cc1ccc(N2CC(N)CC2=O)cc1Br. The average molecular weight is 280 g/mol. The second-order valence-corrected chi connectivity index (χ2v) is 4.60. The number of nitriles is 1. The molecule has 0 aromatic heterocycles. The second-order valence-electron chi connectivity index (χ2n) is 3.74. The van der Waals surface area contributed by atoms with Gasteiger partial charge in [-0.2, -0.15) is 5.26 Å². The Kier molecular flexibility index (Phi) is 2.95. The predicted octanol–water partition coefficient (Wildman–Crippen LogP) is 1.38. The van der Waals surface area contributed by atoms with Gasteiger partial charge in [0.2, 0.25) is 5.91 Å². The van der Waals surface area contributed by atoms with Crippen molar-refractivity contribution in [1.82, 2.24) is 0 Å². The summed E-state index contributed by atoms with van der Waals surface area (Å²) in [4.78, 5) is 13.3. The Hall–Kier alpha value is -1.38. The molecule has 0 saturated carbocycles. The third kappa shape index (κ3) is 1.94. The number of carbonyl (C=O) groups excluding carboxylic acids is 1. The van der Waals surface area contributed by atoms with Crippen molar-refractivity contribution in [2.45, 2.75) is 12.5 Å². The molecule has 1 unspecified atom stereocenters. The van der Waals surface area contributed by atoms with E-state index in [0.29, 0.717) is 23.0 Å². The quantitative estimate of drug-likeness (QED) is 0.845. The van der Waals surface area contributed by atoms with Crippen molar-refractivity contribution >= 4 is 27.5 Å². The molecule has 1 aromatic rings. The van der Waals surface area contributed by atoms with Gasteiger partial charge in [-0.25, -0.2) is 0 Å². The summed E-state index contributed by atoms with van der Waals surface area (Å²) in [5, 5.41) is 8.79. The highest BCUT2D eigenvalue weighted by Crippen LogP contribution is 2.26. The van der Waals surface area contributed by atoms with Gasteiger partial charge in [-0.3, -0.25) is 4.79 Å². The highest BCUT2D eigenvalue weighted by molar-refractivity contribution is 9.10. The van der Waals surface area contributed by atoms with Gasteiger partial charge in [0.25, 0.3) is 0 Å². The van der Waals surface area contributed by atoms with E-state index in [2.05, 4.69) is 22.0 Å². The molecule has 1 saturated heterocycles. The van der Waals surface area contributed by atoms with E-state index < -0.39 is 0 Å². The highest BCUT2D eigenvalue weighted by atomic mass is 79.9. The van der Waals surface area contributed by atoms with Gasteiger partial charge in [0.15, 0.2) is 0 Å². The molecule has 1 aromatic carbocycles. The zero-order valence-electron chi connectivity index (χ0n) is 8.48. The van der Waals surface area contributed by atoms with Gasteiger partial charge in [-0.1, -0.05) is 0 Å². The fourth-order valence-electron chi connectivity index (χ4n) is 1.75. The third-order valence-electron chi connectivity index (χ3n) is 2.54. The van der Waals surface area contributed by atoms with Crippen molar-refractivity contribution < 1.29 is 4.79 Å². The number of amides is 1. The standard InChI is InChI=1S/C11H10BrN3O/c12-10-4-9(2-1-7(10)5-13)15-6-8(14)3-11(15)16/h1-2,4,8H,3,6,14H2. The minimum Gasteiger partial charge on any atom is -0.326 e. The maximum atomic E-state index is 11.6. The maximum Gasteiger partial charge on any atom is 0.228 e. The van der Waals surface area contributed by atoms with Gasteiger partial charge in [0.1, 0.15) is 6.07 Å². The fourth-order valence-corrected chi connectivity index (χ4v) is 2.20. The lowest BCUT2D eigenvalue weighted by Gasteiger charge is -2.16. The van der Waals surface area contributed by atoms with E-state index >= 15 is 0 Å². The second kappa shape index (κ2) is 4.24. The molecule has 1 amide bonds. The van der Waals surface area contributed by atoms with E-state index in [1.54, 1.807) is 23.1 Å². The molecule has 1 aliphatic heterocycles. The lowest BCUT2D eigenvalue weighted by molar-refractivity contribution is -0.117. The van der Waals surface area contributed by atoms with Crippen LogP contribution in [0.25, 0.3) is 0 Å². The number of carbonyl (C=O) groups is 1. The van der Waals surface area contributed by atoms with E-state index in [4.69, 9.17) is 11.0 Å². The van der Waals surface area contributed by atoms with Gasteiger partial charge >= 0.3 is 0 Å². The van der Waals surface area contributed by atoms with Crippen molar-refractivity contribution in [2.75, 3.05) is 11.4 Å². The van der Waals surface area contributed by atoms with Crippen LogP contribution in [0.2, 0.25) is 0 Å². The number of hydrogen-bond acceptors (Lipinski definition) is 3. The molecule has 2 N–H and O–H groups in total. The van der Waals surface area contributed by atoms with Gasteiger partial charge in [-0.15, -0.1) is 0 Å². The molecule has 0 aliphatic carbocycles. The van der Waals surface area contributed by atoms with E-state index in [9.17, 15) is 4.79 Å². The summed E-state index contributed by atoms with van der Waals surface area (Å²) in [5.41, 5.74) is 7.06. The van der Waals surface area contributed by atoms with Gasteiger partial charge in [-0.05, 0) is 34.1 Å². The molecule has 82 valence electrons. The largest absolute Gasteiger partial charge is 0.326 e. The van der Waals surface area contributed by atoms with Gasteiger partial charge in [0.05, 0.1) is 5.56 Å². The molecule has 0 spiro atoms. The van der Waals surface area contributed by atoms with Crippen molar-refractivity contribution in [2.24, 2.45) is 5.73 Å². The summed E-state index contributed by atoms with van der Waals surface area (Å²) >= 11 is 3.30. The van der Waals surface area contributed by atoms with Gasteiger partial charge < -0.3 is 10.6 Å². The van der Waals surface area contributed by atoms with Crippen LogP contribution in [0, 0.1) is 11.3 Å². The molecule has 1 fully saturated rings. The molecule has 1 aliphatic rings. The van der Waals surface area contributed by atoms with Gasteiger partial charge in [0, 0.05) is 29.2 Å². The Morgan fingerprint density at radius 2 is 2.31 bits per heavy atom. The summed E-state index contributed by atoms with van der Waals surface area (Å²) in [6.07, 6.45) is 0.387. The molecule has 0 radical (unpaired) electrons. The molecule has 5 heteroatoms. The number of nitrogens with two attached hydrogens (primary N) is 1. The molecular formula is C11H10BrN3O. The van der Waals surface area contributed by atoms with Crippen LogP contribution in [0.4, 0.5) is 5.69 Å². The zero-order chi connectivity index (χ0) is 11.7. The van der Waals surface area contributed by atoms with Crippen LogP contribution in [0.1, 0.15) is 12.0 Å². The van der Waals surface area contributed by atoms with Crippen LogP contribution in [0.15, 0.2) is 22.7 Å². The van der Waals surface area contributed by atoms with E-state index in [1.165, 1.54) is 0 Å². The fraction of sp³-hybridized carbons (Fsp3) is 0.273. The highest BCUT2D eigenvalue weighted by Gasteiger charge is 2.28. The van der Waals surface area contributed by atoms with Crippen LogP contribution in [-0.2, 0) is 4.79 Å². The van der Waals surface area contributed by atoms with Crippen molar-refractivity contribution in [3.05, 3.63) is 28.2 Å². The molecule has 1 atom stereocenters. The number of benzene rings is 1. The molecule has 16 heavy (non-hydrogen) atoms. The molecule has 0 bridgehead atoms. The third-order valence-corrected chi connectivity index (χ3v) is 3.20. The monoisotopic (exact) mass is 279 g/mol. The van der Waals surface area contributed by atoms with Crippen LogP contribution >= 0.6 is 15.9 Å². The zero-order valence-corrected chi connectivity index (χ0v) is 10.1. The Labute approximate surface area is 102 Å². The Balaban J connectivity index is 2.32. The smallest absolute Gasteiger partial charge is 0.228 e. The van der Waals surface area contributed by atoms with Crippen molar-refractivity contribution in [3.8, 4) is 6.07 Å². The Morgan fingerprint density at radius 3 is 2.81 bits per heavy atom. The van der Waals surface area contributed by atoms with Crippen molar-refractivity contribution in [1.29, 1.82) is 5.26 Å². The molecule has 1 heterocycles. The van der Waals surface area contributed by atoms with E-state index in [-0.39, 0.29) is 11.9 Å². The Morgan fingerprint density at radius 1 is 1.56 bits per heavy atom. The normalized spacial score (nSPS) is 19.9. The summed E-state index contributed by atoms with van der Waals surface area (Å²) in [5.74, 6) is 0.0316. The predicted molar refractivity (Wildman–Crippen MR) is 63.8 cm³/mol. The topological polar surface area (TPSA) is 70.1 Å². The number of rotatable bonds is 1.